The van der Waals surface area contributed by atoms with E-state index in [1.165, 1.54) is 24.3 Å². The molecule has 8 heteroatoms. The van der Waals surface area contributed by atoms with Gasteiger partial charge in [0.2, 0.25) is 0 Å². The molecule has 2 aromatic carbocycles. The van der Waals surface area contributed by atoms with E-state index in [1.54, 1.807) is 0 Å². The minimum Gasteiger partial charge on any atom is -0.494 e. The predicted molar refractivity (Wildman–Crippen MR) is 115 cm³/mol. The van der Waals surface area contributed by atoms with Crippen LogP contribution in [0.25, 0.3) is 0 Å². The molecule has 0 spiro atoms. The van der Waals surface area contributed by atoms with Crippen LogP contribution in [0.15, 0.2) is 48.5 Å². The first-order valence-corrected chi connectivity index (χ1v) is 11.2. The van der Waals surface area contributed by atoms with E-state index in [2.05, 4.69) is 6.92 Å². The molecule has 0 aromatic heterocycles. The normalized spacial score (nSPS) is 14.5. The van der Waals surface area contributed by atoms with Gasteiger partial charge in [-0.3, -0.25) is 0 Å². The third-order valence-corrected chi connectivity index (χ3v) is 5.23. The largest absolute Gasteiger partial charge is 0.494 e. The second-order valence-electron chi connectivity index (χ2n) is 7.98. The molecule has 0 bridgehead atoms. The molecule has 2 aromatic rings. The van der Waals surface area contributed by atoms with E-state index in [0.29, 0.717) is 18.1 Å². The van der Waals surface area contributed by atoms with Crippen molar-refractivity contribution < 1.29 is 35.8 Å². The van der Waals surface area contributed by atoms with Crippen molar-refractivity contribution in [2.75, 3.05) is 6.61 Å². The van der Waals surface area contributed by atoms with Crippen LogP contribution in [0.3, 0.4) is 0 Å². The predicted octanol–water partition coefficient (Wildman–Crippen LogP) is 8.69. The van der Waals surface area contributed by atoms with Gasteiger partial charge in [0.15, 0.2) is 0 Å². The van der Waals surface area contributed by atoms with Gasteiger partial charge in [-0.05, 0) is 80.6 Å². The molecule has 33 heavy (non-hydrogen) atoms. The quantitative estimate of drug-likeness (QED) is 0.280. The second-order valence-corrected chi connectivity index (χ2v) is 7.98. The molecule has 0 saturated heterocycles. The summed E-state index contributed by atoms with van der Waals surface area (Å²) in [6.45, 7) is 2.68. The van der Waals surface area contributed by atoms with Crippen molar-refractivity contribution in [3.8, 4) is 11.5 Å². The van der Waals surface area contributed by atoms with Crippen molar-refractivity contribution in [1.29, 1.82) is 0 Å². The number of rotatable bonds is 8. The Bertz CT molecular complexity index is 792. The summed E-state index contributed by atoms with van der Waals surface area (Å²) >= 11 is 0. The van der Waals surface area contributed by atoms with Crippen LogP contribution in [-0.2, 0) is 12.4 Å². The van der Waals surface area contributed by atoms with Gasteiger partial charge in [0.25, 0.3) is 0 Å². The molecule has 0 heterocycles. The third-order valence-electron chi connectivity index (χ3n) is 5.23. The van der Waals surface area contributed by atoms with E-state index >= 15 is 0 Å². The molecule has 1 aliphatic rings. The fourth-order valence-corrected chi connectivity index (χ4v) is 3.38. The SMILES string of the molecule is CCCCCCOc1ccc(C(F)(F)F)cc1.FC(F)(F)c1ccc(OC2CCCC2)cc1. The van der Waals surface area contributed by atoms with Gasteiger partial charge in [-0.1, -0.05) is 26.2 Å². The van der Waals surface area contributed by atoms with Gasteiger partial charge in [-0.25, -0.2) is 0 Å². The highest BCUT2D eigenvalue weighted by atomic mass is 19.4. The zero-order chi connectivity index (χ0) is 24.3. The Morgan fingerprint density at radius 3 is 1.64 bits per heavy atom. The Morgan fingerprint density at radius 1 is 0.697 bits per heavy atom. The molecule has 0 unspecified atom stereocenters. The third kappa shape index (κ3) is 9.96. The summed E-state index contributed by atoms with van der Waals surface area (Å²) in [7, 11) is 0. The molecule has 1 saturated carbocycles. The average molecular weight is 477 g/mol. The molecule has 1 aliphatic carbocycles. The lowest BCUT2D eigenvalue weighted by Gasteiger charge is -2.13. The number of alkyl halides is 6. The summed E-state index contributed by atoms with van der Waals surface area (Å²) in [5.41, 5.74) is -1.28. The molecule has 0 aliphatic heterocycles. The van der Waals surface area contributed by atoms with Crippen molar-refractivity contribution >= 4 is 0 Å². The Morgan fingerprint density at radius 2 is 1.18 bits per heavy atom. The minimum atomic E-state index is -4.28. The maximum absolute atomic E-state index is 12.3. The second kappa shape index (κ2) is 12.8. The topological polar surface area (TPSA) is 18.5 Å². The van der Waals surface area contributed by atoms with Crippen LogP contribution in [0.2, 0.25) is 0 Å². The van der Waals surface area contributed by atoms with Crippen molar-refractivity contribution in [1.82, 2.24) is 0 Å². The number of hydrogen-bond acceptors (Lipinski definition) is 2. The fourth-order valence-electron chi connectivity index (χ4n) is 3.38. The van der Waals surface area contributed by atoms with Crippen LogP contribution in [0, 0.1) is 0 Å². The van der Waals surface area contributed by atoms with Gasteiger partial charge in [0, 0.05) is 0 Å². The molecular formula is C25H30F6O2. The van der Waals surface area contributed by atoms with E-state index in [9.17, 15) is 26.3 Å². The molecular weight excluding hydrogens is 446 g/mol. The summed E-state index contributed by atoms with van der Waals surface area (Å²) < 4.78 is 84.6. The molecule has 184 valence electrons. The first kappa shape index (κ1) is 26.9. The monoisotopic (exact) mass is 476 g/mol. The summed E-state index contributed by atoms with van der Waals surface area (Å²) in [5, 5.41) is 0. The van der Waals surface area contributed by atoms with Gasteiger partial charge in [0.1, 0.15) is 11.5 Å². The van der Waals surface area contributed by atoms with Crippen molar-refractivity contribution in [2.24, 2.45) is 0 Å². The van der Waals surface area contributed by atoms with Crippen molar-refractivity contribution in [2.45, 2.75) is 76.7 Å². The first-order valence-electron chi connectivity index (χ1n) is 11.2. The maximum atomic E-state index is 12.3. The van der Waals surface area contributed by atoms with Gasteiger partial charge < -0.3 is 9.47 Å². The van der Waals surface area contributed by atoms with Gasteiger partial charge in [0.05, 0.1) is 23.8 Å². The highest BCUT2D eigenvalue weighted by Crippen LogP contribution is 2.32. The highest BCUT2D eigenvalue weighted by molar-refractivity contribution is 5.29. The van der Waals surface area contributed by atoms with Crippen LogP contribution in [-0.4, -0.2) is 12.7 Å². The molecule has 3 rings (SSSR count). The van der Waals surface area contributed by atoms with E-state index in [0.717, 1.165) is 75.6 Å². The lowest BCUT2D eigenvalue weighted by Crippen LogP contribution is -2.11. The maximum Gasteiger partial charge on any atom is 0.416 e. The van der Waals surface area contributed by atoms with Crippen LogP contribution in [0.4, 0.5) is 26.3 Å². The van der Waals surface area contributed by atoms with E-state index in [4.69, 9.17) is 9.47 Å². The summed E-state index contributed by atoms with van der Waals surface area (Å²) in [6, 6.07) is 9.71. The molecule has 1 fully saturated rings. The Balaban J connectivity index is 0.000000234. The number of halogens is 6. The van der Waals surface area contributed by atoms with Crippen LogP contribution < -0.4 is 9.47 Å². The smallest absolute Gasteiger partial charge is 0.416 e. The zero-order valence-electron chi connectivity index (χ0n) is 18.6. The summed E-state index contributed by atoms with van der Waals surface area (Å²) in [6.07, 6.45) is 0.268. The van der Waals surface area contributed by atoms with Crippen molar-refractivity contribution in [3.63, 3.8) is 0 Å². The standard InChI is InChI=1S/C13H17F3O.C12H13F3O/c1-2-3-4-5-10-17-12-8-6-11(7-9-12)13(14,15)16;13-12(14,15)9-5-7-11(8-6-9)16-10-3-1-2-4-10/h6-9H,2-5,10H2,1H3;5-8,10H,1-4H2. The first-order chi connectivity index (χ1) is 15.6. The molecule has 0 atom stereocenters. The van der Waals surface area contributed by atoms with E-state index in [1.807, 2.05) is 0 Å². The van der Waals surface area contributed by atoms with E-state index in [-0.39, 0.29) is 6.10 Å². The number of hydrogen-bond donors (Lipinski definition) is 0. The summed E-state index contributed by atoms with van der Waals surface area (Å²) in [4.78, 5) is 0. The lowest BCUT2D eigenvalue weighted by atomic mass is 10.2. The Kier molecular flexibility index (Phi) is 10.4. The molecule has 0 radical (unpaired) electrons. The highest BCUT2D eigenvalue weighted by Gasteiger charge is 2.30. The lowest BCUT2D eigenvalue weighted by molar-refractivity contribution is -0.138. The van der Waals surface area contributed by atoms with E-state index < -0.39 is 23.5 Å². The summed E-state index contributed by atoms with van der Waals surface area (Å²) in [5.74, 6) is 1.02. The van der Waals surface area contributed by atoms with Gasteiger partial charge >= 0.3 is 12.4 Å². The average Bonchev–Trinajstić information content (AvgIpc) is 3.27. The van der Waals surface area contributed by atoms with Crippen molar-refractivity contribution in [3.05, 3.63) is 59.7 Å². The molecule has 0 N–H and O–H groups in total. The number of unbranched alkanes of at least 4 members (excludes halogenated alkanes) is 3. The van der Waals surface area contributed by atoms with Gasteiger partial charge in [-0.15, -0.1) is 0 Å². The molecule has 2 nitrogen and oxygen atoms in total. The molecule has 0 amide bonds. The fraction of sp³-hybridized carbons (Fsp3) is 0.520. The van der Waals surface area contributed by atoms with Crippen LogP contribution >= 0.6 is 0 Å². The zero-order valence-corrected chi connectivity index (χ0v) is 18.6. The van der Waals surface area contributed by atoms with Crippen LogP contribution in [0.1, 0.15) is 69.4 Å². The Labute approximate surface area is 190 Å². The number of benzene rings is 2. The minimum absolute atomic E-state index is 0.178. The number of ether oxygens (including phenoxy) is 2. The Hall–Kier alpha value is -2.38. The van der Waals surface area contributed by atoms with Crippen LogP contribution in [0.5, 0.6) is 11.5 Å². The van der Waals surface area contributed by atoms with Gasteiger partial charge in [-0.2, -0.15) is 26.3 Å².